The molecule has 0 saturated heterocycles. The lowest BCUT2D eigenvalue weighted by Crippen LogP contribution is -2.11. The molecule has 6 heteroatoms. The summed E-state index contributed by atoms with van der Waals surface area (Å²) < 4.78 is 1.56. The summed E-state index contributed by atoms with van der Waals surface area (Å²) in [6.45, 7) is 0. The first-order valence-electron chi connectivity index (χ1n) is 6.91. The Hall–Kier alpha value is -2.92. The largest absolute Gasteiger partial charge is 0.321 e. The Bertz CT molecular complexity index is 829. The molecular formula is C17H13ClN4O. The summed E-state index contributed by atoms with van der Waals surface area (Å²) in [7, 11) is 0. The van der Waals surface area contributed by atoms with Crippen LogP contribution in [-0.4, -0.2) is 20.7 Å². The van der Waals surface area contributed by atoms with Gasteiger partial charge in [-0.15, -0.1) is 0 Å². The number of anilines is 1. The van der Waals surface area contributed by atoms with Crippen LogP contribution in [0.3, 0.4) is 0 Å². The van der Waals surface area contributed by atoms with Gasteiger partial charge in [0.25, 0.3) is 0 Å². The zero-order valence-corrected chi connectivity index (χ0v) is 12.8. The van der Waals surface area contributed by atoms with E-state index in [1.807, 2.05) is 30.3 Å². The number of benzene rings is 2. The van der Waals surface area contributed by atoms with Crippen molar-refractivity contribution in [2.45, 2.75) is 0 Å². The fraction of sp³-hybridized carbons (Fsp3) is 0. The third kappa shape index (κ3) is 3.84. The lowest BCUT2D eigenvalue weighted by molar-refractivity contribution is -0.111. The number of hydrogen-bond donors (Lipinski definition) is 1. The molecule has 0 aliphatic carbocycles. The van der Waals surface area contributed by atoms with Crippen LogP contribution in [0, 0.1) is 0 Å². The molecule has 0 saturated carbocycles. The number of rotatable bonds is 4. The molecule has 1 N–H and O–H groups in total. The standard InChI is InChI=1S/C17H13ClN4O/c18-14-7-8-16(22-12-19-11-20-22)15(10-14)21-17(23)9-6-13-4-2-1-3-5-13/h1-12H,(H,21,23)/b9-6+. The molecule has 0 bridgehead atoms. The molecule has 0 aliphatic rings. The molecule has 3 rings (SSSR count). The van der Waals surface area contributed by atoms with Crippen molar-refractivity contribution >= 4 is 29.3 Å². The molecule has 0 radical (unpaired) electrons. The predicted octanol–water partition coefficient (Wildman–Crippen LogP) is 3.57. The fourth-order valence-electron chi connectivity index (χ4n) is 2.05. The first kappa shape index (κ1) is 15.0. The van der Waals surface area contributed by atoms with E-state index >= 15 is 0 Å². The number of nitrogens with one attached hydrogen (secondary N) is 1. The highest BCUT2D eigenvalue weighted by Crippen LogP contribution is 2.24. The van der Waals surface area contributed by atoms with Gasteiger partial charge in [-0.1, -0.05) is 41.9 Å². The summed E-state index contributed by atoms with van der Waals surface area (Å²) in [5.74, 6) is -0.252. The quantitative estimate of drug-likeness (QED) is 0.746. The van der Waals surface area contributed by atoms with Gasteiger partial charge >= 0.3 is 0 Å². The Morgan fingerprint density at radius 2 is 2.00 bits per heavy atom. The second-order valence-electron chi connectivity index (χ2n) is 4.73. The molecule has 1 heterocycles. The number of halogens is 1. The van der Waals surface area contributed by atoms with E-state index in [0.29, 0.717) is 16.4 Å². The Balaban J connectivity index is 1.81. The minimum atomic E-state index is -0.252. The maximum atomic E-state index is 12.1. The third-order valence-corrected chi connectivity index (χ3v) is 3.34. The summed E-state index contributed by atoms with van der Waals surface area (Å²) in [6, 6.07) is 14.8. The maximum absolute atomic E-state index is 12.1. The molecule has 0 atom stereocenters. The van der Waals surface area contributed by atoms with Gasteiger partial charge in [0.05, 0.1) is 11.4 Å². The molecule has 0 aliphatic heterocycles. The lowest BCUT2D eigenvalue weighted by Gasteiger charge is -2.10. The molecule has 114 valence electrons. The summed E-state index contributed by atoms with van der Waals surface area (Å²) in [6.07, 6.45) is 6.20. The van der Waals surface area contributed by atoms with Gasteiger partial charge in [0.2, 0.25) is 5.91 Å². The van der Waals surface area contributed by atoms with Gasteiger partial charge in [-0.3, -0.25) is 4.79 Å². The zero-order chi connectivity index (χ0) is 16.1. The van der Waals surface area contributed by atoms with Gasteiger partial charge in [0.15, 0.2) is 0 Å². The highest BCUT2D eigenvalue weighted by atomic mass is 35.5. The maximum Gasteiger partial charge on any atom is 0.248 e. The molecule has 5 nitrogen and oxygen atoms in total. The number of nitrogens with zero attached hydrogens (tertiary/aromatic N) is 3. The van der Waals surface area contributed by atoms with Gasteiger partial charge in [-0.25, -0.2) is 9.67 Å². The van der Waals surface area contributed by atoms with Crippen molar-refractivity contribution < 1.29 is 4.79 Å². The lowest BCUT2D eigenvalue weighted by atomic mass is 10.2. The monoisotopic (exact) mass is 324 g/mol. The first-order chi connectivity index (χ1) is 11.2. The van der Waals surface area contributed by atoms with Crippen LogP contribution in [0.5, 0.6) is 0 Å². The normalized spacial score (nSPS) is 10.8. The number of amides is 1. The van der Waals surface area contributed by atoms with Crippen LogP contribution in [-0.2, 0) is 4.79 Å². The highest BCUT2D eigenvalue weighted by molar-refractivity contribution is 6.31. The van der Waals surface area contributed by atoms with E-state index in [9.17, 15) is 4.79 Å². The van der Waals surface area contributed by atoms with E-state index in [-0.39, 0.29) is 5.91 Å². The third-order valence-electron chi connectivity index (χ3n) is 3.11. The average Bonchev–Trinajstić information content (AvgIpc) is 3.08. The van der Waals surface area contributed by atoms with Gasteiger partial charge in [-0.05, 0) is 29.8 Å². The molecule has 3 aromatic rings. The van der Waals surface area contributed by atoms with Crippen LogP contribution >= 0.6 is 11.6 Å². The Morgan fingerprint density at radius 1 is 1.17 bits per heavy atom. The van der Waals surface area contributed by atoms with E-state index in [2.05, 4.69) is 15.4 Å². The van der Waals surface area contributed by atoms with Crippen molar-refractivity contribution in [2.75, 3.05) is 5.32 Å². The van der Waals surface area contributed by atoms with Gasteiger partial charge < -0.3 is 5.32 Å². The fourth-order valence-corrected chi connectivity index (χ4v) is 2.22. The predicted molar refractivity (Wildman–Crippen MR) is 90.5 cm³/mol. The highest BCUT2D eigenvalue weighted by Gasteiger charge is 2.08. The van der Waals surface area contributed by atoms with Crippen LogP contribution in [0.1, 0.15) is 5.56 Å². The Kier molecular flexibility index (Phi) is 4.49. The van der Waals surface area contributed by atoms with E-state index in [0.717, 1.165) is 5.56 Å². The molecule has 0 fully saturated rings. The van der Waals surface area contributed by atoms with Crippen LogP contribution in [0.25, 0.3) is 11.8 Å². The minimum absolute atomic E-state index is 0.252. The molecule has 0 unspecified atom stereocenters. The van der Waals surface area contributed by atoms with Crippen LogP contribution in [0.4, 0.5) is 5.69 Å². The van der Waals surface area contributed by atoms with Crippen molar-refractivity contribution in [3.63, 3.8) is 0 Å². The van der Waals surface area contributed by atoms with Crippen molar-refractivity contribution in [1.29, 1.82) is 0 Å². The molecule has 2 aromatic carbocycles. The summed E-state index contributed by atoms with van der Waals surface area (Å²) in [5, 5.41) is 7.41. The van der Waals surface area contributed by atoms with E-state index < -0.39 is 0 Å². The summed E-state index contributed by atoms with van der Waals surface area (Å²) >= 11 is 6.02. The Morgan fingerprint density at radius 3 is 2.74 bits per heavy atom. The van der Waals surface area contributed by atoms with Crippen LogP contribution in [0.2, 0.25) is 5.02 Å². The van der Waals surface area contributed by atoms with Crippen molar-refractivity contribution in [3.05, 3.63) is 77.8 Å². The van der Waals surface area contributed by atoms with E-state index in [1.54, 1.807) is 35.3 Å². The summed E-state index contributed by atoms with van der Waals surface area (Å²) in [5.41, 5.74) is 2.20. The number of aromatic nitrogens is 3. The smallest absolute Gasteiger partial charge is 0.248 e. The second kappa shape index (κ2) is 6.89. The topological polar surface area (TPSA) is 59.8 Å². The van der Waals surface area contributed by atoms with Crippen LogP contribution in [0.15, 0.2) is 67.3 Å². The molecule has 0 spiro atoms. The minimum Gasteiger partial charge on any atom is -0.321 e. The zero-order valence-electron chi connectivity index (χ0n) is 12.1. The van der Waals surface area contributed by atoms with E-state index in [1.165, 1.54) is 12.4 Å². The van der Waals surface area contributed by atoms with Gasteiger partial charge in [-0.2, -0.15) is 5.10 Å². The van der Waals surface area contributed by atoms with Crippen molar-refractivity contribution in [2.24, 2.45) is 0 Å². The average molecular weight is 325 g/mol. The van der Waals surface area contributed by atoms with Gasteiger partial charge in [0.1, 0.15) is 12.7 Å². The Labute approximate surface area is 138 Å². The van der Waals surface area contributed by atoms with Crippen molar-refractivity contribution in [3.8, 4) is 5.69 Å². The van der Waals surface area contributed by atoms with Crippen molar-refractivity contribution in [1.82, 2.24) is 14.8 Å². The number of hydrogen-bond acceptors (Lipinski definition) is 3. The summed E-state index contributed by atoms with van der Waals surface area (Å²) in [4.78, 5) is 16.0. The molecule has 23 heavy (non-hydrogen) atoms. The number of carbonyl (C=O) groups is 1. The number of carbonyl (C=O) groups excluding carboxylic acids is 1. The first-order valence-corrected chi connectivity index (χ1v) is 7.29. The van der Waals surface area contributed by atoms with Crippen LogP contribution < -0.4 is 5.32 Å². The second-order valence-corrected chi connectivity index (χ2v) is 5.17. The molecular weight excluding hydrogens is 312 g/mol. The molecule has 1 amide bonds. The van der Waals surface area contributed by atoms with Gasteiger partial charge in [0, 0.05) is 11.1 Å². The molecule has 1 aromatic heterocycles. The SMILES string of the molecule is O=C(/C=C/c1ccccc1)Nc1cc(Cl)ccc1-n1cncn1. The van der Waals surface area contributed by atoms with E-state index in [4.69, 9.17) is 11.6 Å².